The van der Waals surface area contributed by atoms with Crippen molar-refractivity contribution in [1.82, 2.24) is 9.80 Å². The van der Waals surface area contributed by atoms with E-state index in [1.807, 2.05) is 11.8 Å². The molecular formula is C19H32N2O3. The van der Waals surface area contributed by atoms with E-state index in [1.54, 1.807) is 0 Å². The molecule has 0 aliphatic carbocycles. The molecule has 5 heteroatoms. The number of methoxy groups -OCH3 is 1. The number of esters is 1. The lowest BCUT2D eigenvalue weighted by Crippen LogP contribution is -2.51. The van der Waals surface area contributed by atoms with Crippen molar-refractivity contribution in [3.05, 3.63) is 11.6 Å². The highest BCUT2D eigenvalue weighted by Gasteiger charge is 2.32. The number of carbonyl (C=O) groups is 2. The first-order valence-corrected chi connectivity index (χ1v) is 9.04. The third-order valence-corrected chi connectivity index (χ3v) is 5.45. The number of rotatable bonds is 3. The first-order chi connectivity index (χ1) is 11.2. The zero-order valence-corrected chi connectivity index (χ0v) is 15.8. The zero-order chi connectivity index (χ0) is 17.9. The quantitative estimate of drug-likeness (QED) is 0.587. The third kappa shape index (κ3) is 4.38. The maximum absolute atomic E-state index is 12.8. The van der Waals surface area contributed by atoms with Crippen molar-refractivity contribution in [1.29, 1.82) is 0 Å². The summed E-state index contributed by atoms with van der Waals surface area (Å²) in [7, 11) is 1.43. The van der Waals surface area contributed by atoms with Crippen molar-refractivity contribution in [3.8, 4) is 0 Å². The van der Waals surface area contributed by atoms with Gasteiger partial charge in [0.2, 0.25) is 5.91 Å². The fraction of sp³-hybridized carbons (Fsp3) is 0.789. The van der Waals surface area contributed by atoms with Gasteiger partial charge < -0.3 is 9.64 Å². The van der Waals surface area contributed by atoms with E-state index in [0.717, 1.165) is 19.5 Å². The Morgan fingerprint density at radius 2 is 1.83 bits per heavy atom. The van der Waals surface area contributed by atoms with Crippen molar-refractivity contribution in [2.75, 3.05) is 33.3 Å². The summed E-state index contributed by atoms with van der Waals surface area (Å²) < 4.78 is 4.81. The standard InChI is InChI=1S/C19H32N2O3/c1-14(20-12-8-16(9-13-20)19(2,3)4)17(22)21-10-6-15(7-11-21)18(23)24-5/h8,14-15H,6-7,9-13H2,1-5H3/t14-/m0/s1. The second-order valence-electron chi connectivity index (χ2n) is 8.02. The maximum atomic E-state index is 12.8. The average molecular weight is 336 g/mol. The van der Waals surface area contributed by atoms with Crippen LogP contribution < -0.4 is 0 Å². The van der Waals surface area contributed by atoms with E-state index in [0.29, 0.717) is 25.9 Å². The van der Waals surface area contributed by atoms with Crippen LogP contribution >= 0.6 is 0 Å². The Balaban J connectivity index is 1.88. The van der Waals surface area contributed by atoms with E-state index in [4.69, 9.17) is 4.74 Å². The van der Waals surface area contributed by atoms with Gasteiger partial charge in [-0.15, -0.1) is 0 Å². The monoisotopic (exact) mass is 336 g/mol. The minimum absolute atomic E-state index is 0.0541. The predicted molar refractivity (Wildman–Crippen MR) is 94.5 cm³/mol. The van der Waals surface area contributed by atoms with E-state index < -0.39 is 0 Å². The van der Waals surface area contributed by atoms with Crippen LogP contribution in [-0.2, 0) is 14.3 Å². The van der Waals surface area contributed by atoms with Gasteiger partial charge in [0.25, 0.3) is 0 Å². The first kappa shape index (κ1) is 19.0. The number of likely N-dealkylation sites (tertiary alicyclic amines) is 1. The molecule has 0 bridgehead atoms. The number of hydrogen-bond donors (Lipinski definition) is 0. The summed E-state index contributed by atoms with van der Waals surface area (Å²) in [6.45, 7) is 11.8. The molecule has 2 aliphatic rings. The van der Waals surface area contributed by atoms with E-state index >= 15 is 0 Å². The second kappa shape index (κ2) is 7.68. The van der Waals surface area contributed by atoms with Crippen molar-refractivity contribution in [2.24, 2.45) is 11.3 Å². The lowest BCUT2D eigenvalue weighted by molar-refractivity contribution is -0.149. The summed E-state index contributed by atoms with van der Waals surface area (Å²) in [6, 6.07) is -0.0996. The van der Waals surface area contributed by atoms with Crippen LogP contribution in [0, 0.1) is 11.3 Å². The number of carbonyl (C=O) groups excluding carboxylic acids is 2. The molecule has 0 radical (unpaired) electrons. The molecule has 1 amide bonds. The molecule has 2 rings (SSSR count). The molecule has 0 aromatic rings. The Labute approximate surface area is 146 Å². The molecule has 0 aromatic heterocycles. The highest BCUT2D eigenvalue weighted by molar-refractivity contribution is 5.82. The Morgan fingerprint density at radius 1 is 1.21 bits per heavy atom. The summed E-state index contributed by atoms with van der Waals surface area (Å²) >= 11 is 0. The summed E-state index contributed by atoms with van der Waals surface area (Å²) in [5.74, 6) is -0.0152. The van der Waals surface area contributed by atoms with Crippen molar-refractivity contribution in [3.63, 3.8) is 0 Å². The van der Waals surface area contributed by atoms with E-state index in [-0.39, 0.29) is 29.3 Å². The molecule has 136 valence electrons. The number of ether oxygens (including phenoxy) is 1. The van der Waals surface area contributed by atoms with Gasteiger partial charge in [0, 0.05) is 26.2 Å². The Bertz CT molecular complexity index is 499. The van der Waals surface area contributed by atoms with Gasteiger partial charge in [-0.3, -0.25) is 14.5 Å². The normalized spacial score (nSPS) is 22.0. The molecule has 0 spiro atoms. The summed E-state index contributed by atoms with van der Waals surface area (Å²) in [6.07, 6.45) is 4.74. The molecule has 0 unspecified atom stereocenters. The first-order valence-electron chi connectivity index (χ1n) is 9.04. The molecule has 1 atom stereocenters. The smallest absolute Gasteiger partial charge is 0.308 e. The largest absolute Gasteiger partial charge is 0.469 e. The molecule has 0 aromatic carbocycles. The van der Waals surface area contributed by atoms with Gasteiger partial charge in [0.1, 0.15) is 0 Å². The predicted octanol–water partition coefficient (Wildman–Crippen LogP) is 2.46. The summed E-state index contributed by atoms with van der Waals surface area (Å²) in [4.78, 5) is 28.5. The molecule has 24 heavy (non-hydrogen) atoms. The van der Waals surface area contributed by atoms with Crippen molar-refractivity contribution < 1.29 is 14.3 Å². The summed E-state index contributed by atoms with van der Waals surface area (Å²) in [5.41, 5.74) is 1.70. The Hall–Kier alpha value is -1.36. The van der Waals surface area contributed by atoms with Crippen molar-refractivity contribution >= 4 is 11.9 Å². The van der Waals surface area contributed by atoms with Gasteiger partial charge in [0.05, 0.1) is 19.1 Å². The van der Waals surface area contributed by atoms with Crippen LogP contribution in [0.5, 0.6) is 0 Å². The van der Waals surface area contributed by atoms with Crippen LogP contribution in [-0.4, -0.2) is 61.0 Å². The van der Waals surface area contributed by atoms with Crippen LogP contribution in [0.15, 0.2) is 11.6 Å². The second-order valence-corrected chi connectivity index (χ2v) is 8.02. The molecule has 1 fully saturated rings. The van der Waals surface area contributed by atoms with Crippen LogP contribution in [0.3, 0.4) is 0 Å². The molecule has 5 nitrogen and oxygen atoms in total. The fourth-order valence-corrected chi connectivity index (χ4v) is 3.64. The fourth-order valence-electron chi connectivity index (χ4n) is 3.64. The van der Waals surface area contributed by atoms with Gasteiger partial charge in [-0.05, 0) is 31.6 Å². The highest BCUT2D eigenvalue weighted by Crippen LogP contribution is 2.30. The third-order valence-electron chi connectivity index (χ3n) is 5.45. The minimum atomic E-state index is -0.147. The molecule has 0 saturated carbocycles. The molecular weight excluding hydrogens is 304 g/mol. The Kier molecular flexibility index (Phi) is 6.07. The van der Waals surface area contributed by atoms with Crippen LogP contribution in [0.25, 0.3) is 0 Å². The maximum Gasteiger partial charge on any atom is 0.308 e. The van der Waals surface area contributed by atoms with Gasteiger partial charge in [-0.25, -0.2) is 0 Å². The topological polar surface area (TPSA) is 49.9 Å². The van der Waals surface area contributed by atoms with Gasteiger partial charge in [0.15, 0.2) is 0 Å². The highest BCUT2D eigenvalue weighted by atomic mass is 16.5. The van der Waals surface area contributed by atoms with Gasteiger partial charge in [-0.2, -0.15) is 0 Å². The van der Waals surface area contributed by atoms with Crippen LogP contribution in [0.1, 0.15) is 47.0 Å². The van der Waals surface area contributed by atoms with Crippen molar-refractivity contribution in [2.45, 2.75) is 53.0 Å². The van der Waals surface area contributed by atoms with Gasteiger partial charge >= 0.3 is 5.97 Å². The Morgan fingerprint density at radius 3 is 2.29 bits per heavy atom. The summed E-state index contributed by atoms with van der Waals surface area (Å²) in [5, 5.41) is 0. The zero-order valence-electron chi connectivity index (χ0n) is 15.8. The molecule has 0 N–H and O–H groups in total. The van der Waals surface area contributed by atoms with Crippen LogP contribution in [0.4, 0.5) is 0 Å². The SMILES string of the molecule is COC(=O)C1CCN(C(=O)[C@H](C)N2CC=C(C(C)(C)C)CC2)CC1. The number of amides is 1. The van der Waals surface area contributed by atoms with E-state index in [2.05, 4.69) is 31.7 Å². The van der Waals surface area contributed by atoms with Gasteiger partial charge in [-0.1, -0.05) is 32.4 Å². The number of nitrogens with zero attached hydrogens (tertiary/aromatic N) is 2. The molecule has 2 heterocycles. The lowest BCUT2D eigenvalue weighted by atomic mass is 9.83. The molecule has 1 saturated heterocycles. The number of hydrogen-bond acceptors (Lipinski definition) is 4. The molecule has 2 aliphatic heterocycles. The number of piperidine rings is 1. The van der Waals surface area contributed by atoms with E-state index in [1.165, 1.54) is 12.7 Å². The minimum Gasteiger partial charge on any atom is -0.469 e. The van der Waals surface area contributed by atoms with Crippen LogP contribution in [0.2, 0.25) is 0 Å². The lowest BCUT2D eigenvalue weighted by Gasteiger charge is -2.38. The van der Waals surface area contributed by atoms with E-state index in [9.17, 15) is 9.59 Å². The average Bonchev–Trinajstić information content (AvgIpc) is 2.59.